The first kappa shape index (κ1) is 16.5. The molecule has 0 saturated carbocycles. The Balaban J connectivity index is 1.57. The number of nitrogens with zero attached hydrogens (tertiary/aromatic N) is 1. The maximum absolute atomic E-state index is 12.6. The van der Waals surface area contributed by atoms with Gasteiger partial charge in [-0.1, -0.05) is 0 Å². The zero-order valence-electron chi connectivity index (χ0n) is 13.1. The van der Waals surface area contributed by atoms with Crippen LogP contribution in [0.4, 0.5) is 0 Å². The normalized spacial score (nSPS) is 26.5. The van der Waals surface area contributed by atoms with Crippen LogP contribution in [0.5, 0.6) is 0 Å². The summed E-state index contributed by atoms with van der Waals surface area (Å²) in [5.74, 6) is -0.943. The van der Waals surface area contributed by atoms with E-state index in [2.05, 4.69) is 5.32 Å². The average molecular weight is 336 g/mol. The van der Waals surface area contributed by atoms with Crippen LogP contribution in [-0.2, 0) is 25.7 Å². The van der Waals surface area contributed by atoms with Gasteiger partial charge in [-0.3, -0.25) is 9.59 Å². The van der Waals surface area contributed by atoms with E-state index in [9.17, 15) is 14.4 Å². The summed E-state index contributed by atoms with van der Waals surface area (Å²) in [6, 6.07) is 2.96. The van der Waals surface area contributed by atoms with Gasteiger partial charge in [0.15, 0.2) is 6.10 Å². The molecular formula is C16H20N2O6. The summed E-state index contributed by atoms with van der Waals surface area (Å²) < 4.78 is 10.5. The third-order valence-corrected chi connectivity index (χ3v) is 4.43. The highest BCUT2D eigenvalue weighted by Gasteiger charge is 2.41. The second-order valence-electron chi connectivity index (χ2n) is 6.02. The Morgan fingerprint density at radius 2 is 2.04 bits per heavy atom. The average Bonchev–Trinajstić information content (AvgIpc) is 3.33. The molecule has 1 aromatic rings. The minimum Gasteiger partial charge on any atom is -0.479 e. The molecule has 8 heteroatoms. The van der Waals surface area contributed by atoms with Gasteiger partial charge < -0.3 is 24.5 Å². The number of nitrogens with one attached hydrogen (secondary N) is 1. The monoisotopic (exact) mass is 336 g/mol. The van der Waals surface area contributed by atoms with Crippen molar-refractivity contribution in [1.29, 1.82) is 0 Å². The molecule has 24 heavy (non-hydrogen) atoms. The second kappa shape index (κ2) is 7.04. The molecule has 2 saturated heterocycles. The van der Waals surface area contributed by atoms with E-state index in [-0.39, 0.29) is 18.4 Å². The Hall–Kier alpha value is -2.35. The summed E-state index contributed by atoms with van der Waals surface area (Å²) in [4.78, 5) is 37.4. The van der Waals surface area contributed by atoms with E-state index in [1.807, 2.05) is 0 Å². The van der Waals surface area contributed by atoms with Gasteiger partial charge in [-0.15, -0.1) is 0 Å². The molecule has 3 rings (SSSR count). The largest absolute Gasteiger partial charge is 0.479 e. The topological polar surface area (TPSA) is 109 Å². The van der Waals surface area contributed by atoms with Crippen LogP contribution in [0.2, 0.25) is 0 Å². The summed E-state index contributed by atoms with van der Waals surface area (Å²) in [5.41, 5.74) is 0. The molecule has 2 fully saturated rings. The van der Waals surface area contributed by atoms with E-state index in [1.165, 1.54) is 11.2 Å². The molecule has 130 valence electrons. The van der Waals surface area contributed by atoms with Crippen molar-refractivity contribution >= 4 is 17.8 Å². The minimum absolute atomic E-state index is 0.231. The van der Waals surface area contributed by atoms with Crippen LogP contribution in [0.25, 0.3) is 0 Å². The first-order valence-corrected chi connectivity index (χ1v) is 8.05. The van der Waals surface area contributed by atoms with Crippen LogP contribution in [0.1, 0.15) is 31.4 Å². The van der Waals surface area contributed by atoms with Gasteiger partial charge in [0.2, 0.25) is 5.91 Å². The van der Waals surface area contributed by atoms with Crippen molar-refractivity contribution < 1.29 is 28.6 Å². The molecule has 8 nitrogen and oxygen atoms in total. The van der Waals surface area contributed by atoms with E-state index >= 15 is 0 Å². The van der Waals surface area contributed by atoms with Gasteiger partial charge in [0.1, 0.15) is 17.9 Å². The zero-order chi connectivity index (χ0) is 17.1. The molecule has 3 atom stereocenters. The molecule has 0 bridgehead atoms. The lowest BCUT2D eigenvalue weighted by atomic mass is 10.1. The second-order valence-corrected chi connectivity index (χ2v) is 6.02. The molecule has 2 amide bonds. The maximum Gasteiger partial charge on any atom is 0.332 e. The van der Waals surface area contributed by atoms with Gasteiger partial charge in [0.25, 0.3) is 5.91 Å². The highest BCUT2D eigenvalue weighted by Crippen LogP contribution is 2.26. The van der Waals surface area contributed by atoms with Crippen molar-refractivity contribution in [3.05, 3.63) is 24.2 Å². The van der Waals surface area contributed by atoms with Gasteiger partial charge in [0.05, 0.1) is 12.8 Å². The predicted molar refractivity (Wildman–Crippen MR) is 80.8 cm³/mol. The zero-order valence-corrected chi connectivity index (χ0v) is 13.1. The third-order valence-electron chi connectivity index (χ3n) is 4.43. The quantitative estimate of drug-likeness (QED) is 0.811. The summed E-state index contributed by atoms with van der Waals surface area (Å²) >= 11 is 0. The molecule has 2 aliphatic heterocycles. The standard InChI is InChI=1S/C16H20N2O6/c19-14(17-9-10-3-2-8-23-10)11-4-1-7-18(11)15(20)12-5-6-13(24-12)16(21)22/h2-3,8,11-13H,1,4-7,9H2,(H,17,19)(H,21,22)/t11?,12-,13+/m0/s1. The molecule has 3 heterocycles. The van der Waals surface area contributed by atoms with Crippen molar-refractivity contribution in [2.45, 2.75) is 50.5 Å². The number of hydrogen-bond donors (Lipinski definition) is 2. The fraction of sp³-hybridized carbons (Fsp3) is 0.562. The number of rotatable bonds is 5. The van der Waals surface area contributed by atoms with Crippen LogP contribution in [0.15, 0.2) is 22.8 Å². The molecule has 1 aromatic heterocycles. The van der Waals surface area contributed by atoms with Gasteiger partial charge in [-0.2, -0.15) is 0 Å². The number of carbonyl (C=O) groups is 3. The fourth-order valence-electron chi connectivity index (χ4n) is 3.19. The number of amides is 2. The summed E-state index contributed by atoms with van der Waals surface area (Å²) in [7, 11) is 0. The number of hydrogen-bond acceptors (Lipinski definition) is 5. The molecule has 1 unspecified atom stereocenters. The first-order valence-electron chi connectivity index (χ1n) is 8.05. The van der Waals surface area contributed by atoms with Crippen LogP contribution in [0, 0.1) is 0 Å². The van der Waals surface area contributed by atoms with E-state index in [1.54, 1.807) is 12.1 Å². The van der Waals surface area contributed by atoms with E-state index in [0.29, 0.717) is 31.6 Å². The SMILES string of the molecule is O=C(NCc1ccco1)C1CCCN1C(=O)[C@@H]1CC[C@H](C(=O)O)O1. The smallest absolute Gasteiger partial charge is 0.332 e. The number of likely N-dealkylation sites (tertiary alicyclic amines) is 1. The molecule has 0 aliphatic carbocycles. The van der Waals surface area contributed by atoms with Gasteiger partial charge >= 0.3 is 5.97 Å². The molecule has 0 aromatic carbocycles. The molecular weight excluding hydrogens is 316 g/mol. The summed E-state index contributed by atoms with van der Waals surface area (Å²) in [5, 5.41) is 11.7. The Morgan fingerprint density at radius 3 is 2.71 bits per heavy atom. The fourth-order valence-corrected chi connectivity index (χ4v) is 3.19. The summed E-state index contributed by atoms with van der Waals surface area (Å²) in [6.45, 7) is 0.751. The summed E-state index contributed by atoms with van der Waals surface area (Å²) in [6.07, 6.45) is 1.83. The molecule has 2 N–H and O–H groups in total. The van der Waals surface area contributed by atoms with E-state index in [4.69, 9.17) is 14.3 Å². The van der Waals surface area contributed by atoms with E-state index in [0.717, 1.165) is 6.42 Å². The Labute approximate surface area is 138 Å². The highest BCUT2D eigenvalue weighted by molar-refractivity contribution is 5.90. The Kier molecular flexibility index (Phi) is 4.84. The molecule has 0 radical (unpaired) electrons. The van der Waals surface area contributed by atoms with Crippen molar-refractivity contribution in [3.63, 3.8) is 0 Å². The number of aliphatic carboxylic acids is 1. The number of ether oxygens (including phenoxy) is 1. The molecule has 0 spiro atoms. The lowest BCUT2D eigenvalue weighted by Crippen LogP contribution is -2.49. The van der Waals surface area contributed by atoms with Crippen LogP contribution in [-0.4, -0.2) is 52.6 Å². The van der Waals surface area contributed by atoms with Gasteiger partial charge in [-0.25, -0.2) is 4.79 Å². The van der Waals surface area contributed by atoms with Crippen molar-refractivity contribution in [2.75, 3.05) is 6.54 Å². The highest BCUT2D eigenvalue weighted by atomic mass is 16.5. The van der Waals surface area contributed by atoms with Gasteiger partial charge in [0, 0.05) is 6.54 Å². The Morgan fingerprint density at radius 1 is 1.25 bits per heavy atom. The van der Waals surface area contributed by atoms with Gasteiger partial charge in [-0.05, 0) is 37.8 Å². The predicted octanol–water partition coefficient (Wildman–Crippen LogP) is 0.519. The number of carboxylic acids is 1. The number of furan rings is 1. The third kappa shape index (κ3) is 3.43. The van der Waals surface area contributed by atoms with Crippen molar-refractivity contribution in [3.8, 4) is 0 Å². The van der Waals surface area contributed by atoms with Crippen LogP contribution in [0.3, 0.4) is 0 Å². The Bertz CT molecular complexity index is 614. The van der Waals surface area contributed by atoms with Crippen molar-refractivity contribution in [2.24, 2.45) is 0 Å². The lowest BCUT2D eigenvalue weighted by molar-refractivity contribution is -0.156. The molecule has 2 aliphatic rings. The first-order chi connectivity index (χ1) is 11.6. The van der Waals surface area contributed by atoms with Crippen molar-refractivity contribution in [1.82, 2.24) is 10.2 Å². The van der Waals surface area contributed by atoms with Crippen LogP contribution < -0.4 is 5.32 Å². The van der Waals surface area contributed by atoms with Crippen LogP contribution >= 0.6 is 0 Å². The number of carboxylic acid groups (broad SMARTS) is 1. The maximum atomic E-state index is 12.6. The lowest BCUT2D eigenvalue weighted by Gasteiger charge is -2.26. The number of carbonyl (C=O) groups excluding carboxylic acids is 2. The van der Waals surface area contributed by atoms with E-state index < -0.39 is 24.2 Å². The minimum atomic E-state index is -1.06.